The molecule has 0 bridgehead atoms. The van der Waals surface area contributed by atoms with Crippen molar-refractivity contribution in [2.45, 2.75) is 32.9 Å². The van der Waals surface area contributed by atoms with Gasteiger partial charge in [0.25, 0.3) is 0 Å². The lowest BCUT2D eigenvalue weighted by Gasteiger charge is -2.27. The maximum Gasteiger partial charge on any atom is 0.0630 e. The second-order valence-electron chi connectivity index (χ2n) is 4.32. The summed E-state index contributed by atoms with van der Waals surface area (Å²) in [7, 11) is 3.86. The Hall–Kier alpha value is -0.160. The van der Waals surface area contributed by atoms with E-state index in [-0.39, 0.29) is 0 Å². The minimum absolute atomic E-state index is 0.308. The summed E-state index contributed by atoms with van der Waals surface area (Å²) in [5.41, 5.74) is 0. The topological polar surface area (TPSA) is 33.7 Å². The molecule has 0 saturated heterocycles. The highest BCUT2D eigenvalue weighted by Gasteiger charge is 2.13. The quantitative estimate of drug-likeness (QED) is 0.608. The molecule has 0 saturated carbocycles. The van der Waals surface area contributed by atoms with E-state index in [1.54, 1.807) is 7.11 Å². The molecule has 0 aliphatic heterocycles. The van der Waals surface area contributed by atoms with Gasteiger partial charge in [0.2, 0.25) is 0 Å². The Kier molecular flexibility index (Phi) is 9.92. The van der Waals surface area contributed by atoms with Gasteiger partial charge in [-0.3, -0.25) is 4.90 Å². The van der Waals surface area contributed by atoms with Crippen molar-refractivity contribution in [3.8, 4) is 0 Å². The van der Waals surface area contributed by atoms with Crippen LogP contribution in [0.15, 0.2) is 0 Å². The molecular formula is C12H28N2O2. The van der Waals surface area contributed by atoms with Crippen molar-refractivity contribution in [3.05, 3.63) is 0 Å². The van der Waals surface area contributed by atoms with Crippen molar-refractivity contribution < 1.29 is 9.47 Å². The van der Waals surface area contributed by atoms with Crippen molar-refractivity contribution in [2.75, 3.05) is 47.0 Å². The van der Waals surface area contributed by atoms with E-state index < -0.39 is 0 Å². The monoisotopic (exact) mass is 232 g/mol. The molecule has 0 amide bonds. The second kappa shape index (κ2) is 10.0. The van der Waals surface area contributed by atoms with Crippen LogP contribution in [0.2, 0.25) is 0 Å². The lowest BCUT2D eigenvalue weighted by Crippen LogP contribution is -2.44. The van der Waals surface area contributed by atoms with Crippen LogP contribution >= 0.6 is 0 Å². The molecule has 0 aromatic rings. The van der Waals surface area contributed by atoms with Gasteiger partial charge in [0.1, 0.15) is 0 Å². The lowest BCUT2D eigenvalue weighted by atomic mass is 10.2. The molecule has 16 heavy (non-hydrogen) atoms. The van der Waals surface area contributed by atoms with Gasteiger partial charge in [-0.05, 0) is 27.4 Å². The predicted molar refractivity (Wildman–Crippen MR) is 67.9 cm³/mol. The number of hydrogen-bond acceptors (Lipinski definition) is 4. The van der Waals surface area contributed by atoms with E-state index in [4.69, 9.17) is 9.47 Å². The molecule has 0 rings (SSSR count). The van der Waals surface area contributed by atoms with E-state index >= 15 is 0 Å². The fraction of sp³-hybridized carbons (Fsp3) is 1.00. The van der Waals surface area contributed by atoms with E-state index in [2.05, 4.69) is 38.0 Å². The molecule has 0 radical (unpaired) electrons. The molecular weight excluding hydrogens is 204 g/mol. The van der Waals surface area contributed by atoms with E-state index in [9.17, 15) is 0 Å². The average Bonchev–Trinajstić information content (AvgIpc) is 2.23. The Morgan fingerprint density at radius 2 is 2.00 bits per heavy atom. The summed E-state index contributed by atoms with van der Waals surface area (Å²) in [6.45, 7) is 10.7. The molecule has 0 aliphatic rings. The zero-order valence-corrected chi connectivity index (χ0v) is 11.5. The van der Waals surface area contributed by atoms with Gasteiger partial charge in [-0.25, -0.2) is 0 Å². The number of methoxy groups -OCH3 is 1. The summed E-state index contributed by atoms with van der Waals surface area (Å²) < 4.78 is 10.8. The molecule has 1 unspecified atom stereocenters. The Balaban J connectivity index is 3.81. The maximum atomic E-state index is 5.54. The number of rotatable bonds is 10. The van der Waals surface area contributed by atoms with E-state index in [1.165, 1.54) is 0 Å². The van der Waals surface area contributed by atoms with Gasteiger partial charge >= 0.3 is 0 Å². The highest BCUT2D eigenvalue weighted by molar-refractivity contribution is 4.70. The van der Waals surface area contributed by atoms with Crippen LogP contribution in [0.4, 0.5) is 0 Å². The first-order valence-electron chi connectivity index (χ1n) is 6.13. The molecule has 0 aromatic heterocycles. The molecule has 0 aliphatic carbocycles. The first-order chi connectivity index (χ1) is 7.61. The Bertz CT molecular complexity index is 154. The van der Waals surface area contributed by atoms with Crippen LogP contribution in [0.25, 0.3) is 0 Å². The van der Waals surface area contributed by atoms with Gasteiger partial charge in [-0.2, -0.15) is 0 Å². The summed E-state index contributed by atoms with van der Waals surface area (Å²) in [4.78, 5) is 2.29. The normalized spacial score (nSPS) is 13.7. The minimum atomic E-state index is 0.308. The largest absolute Gasteiger partial charge is 0.383 e. The van der Waals surface area contributed by atoms with Crippen LogP contribution in [0.1, 0.15) is 20.8 Å². The highest BCUT2D eigenvalue weighted by atomic mass is 16.5. The van der Waals surface area contributed by atoms with Crippen LogP contribution in [-0.4, -0.2) is 64.1 Å². The smallest absolute Gasteiger partial charge is 0.0630 e. The molecule has 98 valence electrons. The van der Waals surface area contributed by atoms with Gasteiger partial charge in [0, 0.05) is 26.2 Å². The molecule has 0 fully saturated rings. The predicted octanol–water partition coefficient (Wildman–Crippen LogP) is 0.968. The minimum Gasteiger partial charge on any atom is -0.383 e. The number of ether oxygens (including phenoxy) is 2. The molecule has 1 N–H and O–H groups in total. The second-order valence-corrected chi connectivity index (χ2v) is 4.32. The standard InChI is InChI=1S/C12H28N2O2/c1-6-13-9-12(10-15-5)14(4)7-8-16-11(2)3/h11-13H,6-10H2,1-5H3. The van der Waals surface area contributed by atoms with Gasteiger partial charge in [0.15, 0.2) is 0 Å². The van der Waals surface area contributed by atoms with Crippen LogP contribution in [0.5, 0.6) is 0 Å². The summed E-state index contributed by atoms with van der Waals surface area (Å²) in [6.07, 6.45) is 0.308. The van der Waals surface area contributed by atoms with E-state index in [0.29, 0.717) is 12.1 Å². The Labute approximate surface area is 100 Å². The third-order valence-electron chi connectivity index (χ3n) is 2.51. The van der Waals surface area contributed by atoms with Gasteiger partial charge in [-0.15, -0.1) is 0 Å². The van der Waals surface area contributed by atoms with Crippen LogP contribution in [-0.2, 0) is 9.47 Å². The number of nitrogens with one attached hydrogen (secondary N) is 1. The molecule has 4 heteroatoms. The van der Waals surface area contributed by atoms with Crippen LogP contribution in [0.3, 0.4) is 0 Å². The fourth-order valence-corrected chi connectivity index (χ4v) is 1.46. The van der Waals surface area contributed by atoms with Crippen LogP contribution in [0, 0.1) is 0 Å². The maximum absolute atomic E-state index is 5.54. The SMILES string of the molecule is CCNCC(COC)N(C)CCOC(C)C. The summed E-state index contributed by atoms with van der Waals surface area (Å²) in [5.74, 6) is 0. The van der Waals surface area contributed by atoms with Crippen molar-refractivity contribution in [3.63, 3.8) is 0 Å². The number of nitrogens with zero attached hydrogens (tertiary/aromatic N) is 1. The Morgan fingerprint density at radius 1 is 1.31 bits per heavy atom. The first-order valence-corrected chi connectivity index (χ1v) is 6.13. The summed E-state index contributed by atoms with van der Waals surface area (Å²) in [5, 5.41) is 3.35. The van der Waals surface area contributed by atoms with Crippen molar-refractivity contribution >= 4 is 0 Å². The zero-order chi connectivity index (χ0) is 12.4. The van der Waals surface area contributed by atoms with Crippen molar-refractivity contribution in [1.82, 2.24) is 10.2 Å². The molecule has 0 spiro atoms. The molecule has 4 nitrogen and oxygen atoms in total. The van der Waals surface area contributed by atoms with E-state index in [1.807, 2.05) is 0 Å². The third kappa shape index (κ3) is 8.05. The molecule has 0 aromatic carbocycles. The van der Waals surface area contributed by atoms with Crippen LogP contribution < -0.4 is 5.32 Å². The van der Waals surface area contributed by atoms with Crippen molar-refractivity contribution in [2.24, 2.45) is 0 Å². The number of likely N-dealkylation sites (N-methyl/N-ethyl adjacent to an activating group) is 2. The first kappa shape index (κ1) is 15.8. The van der Waals surface area contributed by atoms with Gasteiger partial charge in [0.05, 0.1) is 19.3 Å². The fourth-order valence-electron chi connectivity index (χ4n) is 1.46. The highest BCUT2D eigenvalue weighted by Crippen LogP contribution is 1.97. The summed E-state index contributed by atoms with van der Waals surface area (Å²) in [6, 6.07) is 0.417. The Morgan fingerprint density at radius 3 is 2.50 bits per heavy atom. The van der Waals surface area contributed by atoms with Crippen molar-refractivity contribution in [1.29, 1.82) is 0 Å². The van der Waals surface area contributed by atoms with Gasteiger partial charge < -0.3 is 14.8 Å². The van der Waals surface area contributed by atoms with E-state index in [0.717, 1.165) is 32.8 Å². The summed E-state index contributed by atoms with van der Waals surface area (Å²) >= 11 is 0. The average molecular weight is 232 g/mol. The molecule has 1 atom stereocenters. The number of hydrogen-bond donors (Lipinski definition) is 1. The lowest BCUT2D eigenvalue weighted by molar-refractivity contribution is 0.0419. The zero-order valence-electron chi connectivity index (χ0n) is 11.5. The molecule has 0 heterocycles. The van der Waals surface area contributed by atoms with Gasteiger partial charge in [-0.1, -0.05) is 6.92 Å². The third-order valence-corrected chi connectivity index (χ3v) is 2.51.